The fourth-order valence-corrected chi connectivity index (χ4v) is 5.66. The summed E-state index contributed by atoms with van der Waals surface area (Å²) >= 11 is 12.5. The molecule has 0 aliphatic carbocycles. The predicted octanol–water partition coefficient (Wildman–Crippen LogP) is 5.39. The normalized spacial score (nSPS) is 17.5. The number of nitrogens with one attached hydrogen (secondary N) is 2. The molecule has 4 N–H and O–H groups in total. The van der Waals surface area contributed by atoms with Gasteiger partial charge >= 0.3 is 0 Å². The standard InChI is InChI=1S/C26H27Cl2FN6O/c1-15(23-19(27)11-32-12-20(23)28)36-17-4-5-22(30)18(9-17)24(31)16-8-21(29)25(33-10-16)35-13-26(14-35)6-2-3-7-34-26/h4-5,8-12,15,31,34H,2-3,6-7,13-14,30H2,1H3/t15-/m1/s1. The molecule has 2 aromatic heterocycles. The van der Waals surface area contributed by atoms with Crippen molar-refractivity contribution in [3.8, 4) is 5.75 Å². The number of hydrogen-bond acceptors (Lipinski definition) is 7. The van der Waals surface area contributed by atoms with Crippen LogP contribution in [0.25, 0.3) is 0 Å². The van der Waals surface area contributed by atoms with Crippen molar-refractivity contribution in [2.24, 2.45) is 0 Å². The Balaban J connectivity index is 1.33. The maximum absolute atomic E-state index is 15.1. The van der Waals surface area contributed by atoms with Crippen molar-refractivity contribution in [1.29, 1.82) is 5.41 Å². The van der Waals surface area contributed by atoms with E-state index in [0.29, 0.717) is 44.0 Å². The quantitative estimate of drug-likeness (QED) is 0.292. The molecule has 188 valence electrons. The maximum Gasteiger partial charge on any atom is 0.166 e. The van der Waals surface area contributed by atoms with E-state index in [4.69, 9.17) is 39.1 Å². The monoisotopic (exact) mass is 528 g/mol. The summed E-state index contributed by atoms with van der Waals surface area (Å²) in [6, 6.07) is 6.34. The Labute approximate surface area is 219 Å². The Morgan fingerprint density at radius 2 is 1.94 bits per heavy atom. The highest BCUT2D eigenvalue weighted by Gasteiger charge is 2.44. The number of nitrogen functional groups attached to an aromatic ring is 1. The van der Waals surface area contributed by atoms with Crippen LogP contribution in [0, 0.1) is 11.2 Å². The van der Waals surface area contributed by atoms with Gasteiger partial charge in [0.1, 0.15) is 11.9 Å². The van der Waals surface area contributed by atoms with Gasteiger partial charge < -0.3 is 20.7 Å². The van der Waals surface area contributed by atoms with Crippen molar-refractivity contribution in [3.05, 3.63) is 75.4 Å². The number of ether oxygens (including phenoxy) is 1. The summed E-state index contributed by atoms with van der Waals surface area (Å²) in [6.45, 7) is 4.30. The van der Waals surface area contributed by atoms with Crippen LogP contribution in [0.15, 0.2) is 42.9 Å². The van der Waals surface area contributed by atoms with Crippen LogP contribution in [0.4, 0.5) is 15.9 Å². The number of nitrogens with zero attached hydrogens (tertiary/aromatic N) is 3. The lowest BCUT2D eigenvalue weighted by Gasteiger charge is -2.53. The van der Waals surface area contributed by atoms with Crippen LogP contribution in [0.1, 0.15) is 49.0 Å². The van der Waals surface area contributed by atoms with Gasteiger partial charge in [0.2, 0.25) is 0 Å². The van der Waals surface area contributed by atoms with E-state index in [1.54, 1.807) is 18.2 Å². The molecular formula is C26H27Cl2FN6O. The van der Waals surface area contributed by atoms with Crippen LogP contribution in [-0.2, 0) is 0 Å². The van der Waals surface area contributed by atoms with Crippen LogP contribution in [-0.4, -0.2) is 40.9 Å². The molecule has 2 aliphatic rings. The summed E-state index contributed by atoms with van der Waals surface area (Å²) in [4.78, 5) is 10.3. The topological polar surface area (TPSA) is 100 Å². The molecule has 3 aromatic rings. The van der Waals surface area contributed by atoms with Crippen molar-refractivity contribution in [2.45, 2.75) is 37.8 Å². The minimum atomic E-state index is -0.476. The highest BCUT2D eigenvalue weighted by Crippen LogP contribution is 2.35. The zero-order valence-electron chi connectivity index (χ0n) is 19.8. The van der Waals surface area contributed by atoms with Crippen LogP contribution in [0.3, 0.4) is 0 Å². The van der Waals surface area contributed by atoms with Crippen molar-refractivity contribution in [2.75, 3.05) is 30.3 Å². The van der Waals surface area contributed by atoms with E-state index < -0.39 is 11.9 Å². The zero-order valence-corrected chi connectivity index (χ0v) is 21.3. The third-order valence-electron chi connectivity index (χ3n) is 6.88. The van der Waals surface area contributed by atoms with E-state index in [-0.39, 0.29) is 11.3 Å². The molecule has 2 saturated heterocycles. The van der Waals surface area contributed by atoms with E-state index >= 15 is 4.39 Å². The lowest BCUT2D eigenvalue weighted by atomic mass is 9.82. The number of anilines is 2. The number of piperidine rings is 1. The first kappa shape index (κ1) is 24.7. The minimum absolute atomic E-state index is 0.0533. The van der Waals surface area contributed by atoms with Gasteiger partial charge in [0.25, 0.3) is 0 Å². The van der Waals surface area contributed by atoms with Gasteiger partial charge in [0.05, 0.1) is 21.3 Å². The summed E-state index contributed by atoms with van der Waals surface area (Å²) < 4.78 is 21.1. The fourth-order valence-electron chi connectivity index (χ4n) is 4.99. The van der Waals surface area contributed by atoms with E-state index in [2.05, 4.69) is 15.3 Å². The first-order valence-corrected chi connectivity index (χ1v) is 12.6. The van der Waals surface area contributed by atoms with Gasteiger partial charge in [-0.15, -0.1) is 0 Å². The Morgan fingerprint density at radius 1 is 1.19 bits per heavy atom. The smallest absolute Gasteiger partial charge is 0.166 e. The average molecular weight is 529 g/mol. The Hall–Kier alpha value is -2.94. The van der Waals surface area contributed by atoms with Gasteiger partial charge in [-0.3, -0.25) is 10.4 Å². The molecule has 0 amide bonds. The molecule has 1 aromatic carbocycles. The number of benzene rings is 1. The van der Waals surface area contributed by atoms with Crippen LogP contribution in [0.2, 0.25) is 10.0 Å². The van der Waals surface area contributed by atoms with E-state index in [9.17, 15) is 0 Å². The largest absolute Gasteiger partial charge is 0.486 e. The minimum Gasteiger partial charge on any atom is -0.486 e. The molecule has 0 bridgehead atoms. The van der Waals surface area contributed by atoms with E-state index in [0.717, 1.165) is 26.1 Å². The summed E-state index contributed by atoms with van der Waals surface area (Å²) in [6.07, 6.45) is 7.53. The molecule has 10 heteroatoms. The number of pyridine rings is 2. The lowest BCUT2D eigenvalue weighted by Crippen LogP contribution is -2.71. The number of nitrogens with two attached hydrogens (primary N) is 1. The molecule has 1 atom stereocenters. The van der Waals surface area contributed by atoms with E-state index in [1.807, 2.05) is 11.8 Å². The highest BCUT2D eigenvalue weighted by molar-refractivity contribution is 6.35. The molecule has 0 unspecified atom stereocenters. The van der Waals surface area contributed by atoms with Gasteiger partial charge in [-0.2, -0.15) is 0 Å². The van der Waals surface area contributed by atoms with Gasteiger partial charge in [-0.25, -0.2) is 9.37 Å². The molecule has 2 aliphatic heterocycles. The zero-order chi connectivity index (χ0) is 25.4. The van der Waals surface area contributed by atoms with Crippen molar-refractivity contribution in [1.82, 2.24) is 15.3 Å². The molecule has 36 heavy (non-hydrogen) atoms. The average Bonchev–Trinajstić information content (AvgIpc) is 2.84. The third-order valence-corrected chi connectivity index (χ3v) is 7.49. The number of hydrogen-bond donors (Lipinski definition) is 3. The molecule has 1 spiro atoms. The summed E-state index contributed by atoms with van der Waals surface area (Å²) in [5.41, 5.74) is 8.03. The molecule has 5 rings (SSSR count). The van der Waals surface area contributed by atoms with Crippen LogP contribution < -0.4 is 20.7 Å². The number of aromatic nitrogens is 2. The predicted molar refractivity (Wildman–Crippen MR) is 141 cm³/mol. The summed E-state index contributed by atoms with van der Waals surface area (Å²) in [5, 5.41) is 13.1. The highest BCUT2D eigenvalue weighted by atomic mass is 35.5. The first-order chi connectivity index (χ1) is 17.3. The first-order valence-electron chi connectivity index (χ1n) is 11.9. The molecule has 0 saturated carbocycles. The Morgan fingerprint density at radius 3 is 2.61 bits per heavy atom. The molecular weight excluding hydrogens is 502 g/mol. The second-order valence-electron chi connectivity index (χ2n) is 9.45. The maximum atomic E-state index is 15.1. The molecule has 7 nitrogen and oxygen atoms in total. The van der Waals surface area contributed by atoms with Crippen molar-refractivity contribution < 1.29 is 9.13 Å². The molecule has 0 radical (unpaired) electrons. The summed E-state index contributed by atoms with van der Waals surface area (Å²) in [7, 11) is 0. The van der Waals surface area contributed by atoms with Crippen LogP contribution >= 0.6 is 23.2 Å². The van der Waals surface area contributed by atoms with Crippen LogP contribution in [0.5, 0.6) is 5.75 Å². The second kappa shape index (κ2) is 9.84. The SMILES string of the molecule is C[C@@H](Oc1ccc(N)c(C(=N)c2cnc(N3CC4(CCCCN4)C3)c(F)c2)c1)c1c(Cl)cncc1Cl. The van der Waals surface area contributed by atoms with E-state index in [1.165, 1.54) is 37.5 Å². The summed E-state index contributed by atoms with van der Waals surface area (Å²) in [5.74, 6) is 0.329. The van der Waals surface area contributed by atoms with Crippen molar-refractivity contribution >= 4 is 40.4 Å². The number of halogens is 3. The van der Waals surface area contributed by atoms with Gasteiger partial charge in [-0.1, -0.05) is 29.6 Å². The van der Waals surface area contributed by atoms with Gasteiger partial charge in [-0.05, 0) is 50.6 Å². The Kier molecular flexibility index (Phi) is 6.76. The molecule has 4 heterocycles. The molecule has 2 fully saturated rings. The van der Waals surface area contributed by atoms with Crippen molar-refractivity contribution in [3.63, 3.8) is 0 Å². The lowest BCUT2D eigenvalue weighted by molar-refractivity contribution is 0.200. The van der Waals surface area contributed by atoms with Gasteiger partial charge in [0, 0.05) is 54.1 Å². The second-order valence-corrected chi connectivity index (χ2v) is 10.3. The number of rotatable bonds is 6. The Bertz CT molecular complexity index is 1290. The fraction of sp³-hybridized carbons (Fsp3) is 0.346. The van der Waals surface area contributed by atoms with Gasteiger partial charge in [0.15, 0.2) is 11.6 Å². The third kappa shape index (κ3) is 4.73.